The summed E-state index contributed by atoms with van der Waals surface area (Å²) < 4.78 is 125. The van der Waals surface area contributed by atoms with Crippen molar-refractivity contribution in [1.82, 2.24) is 0 Å². The molecular weight excluding hydrogens is 813 g/mol. The second-order valence-electron chi connectivity index (χ2n) is 12.9. The summed E-state index contributed by atoms with van der Waals surface area (Å²) in [7, 11) is -18.3. The normalized spacial score (nSPS) is 15.4. The van der Waals surface area contributed by atoms with Gasteiger partial charge in [-0.3, -0.25) is 9.11 Å². The van der Waals surface area contributed by atoms with Crippen LogP contribution in [0.5, 0.6) is 11.5 Å². The molecule has 0 saturated carbocycles. The van der Waals surface area contributed by atoms with Crippen molar-refractivity contribution in [3.8, 4) is 11.5 Å². The molecule has 6 N–H and O–H groups in total. The van der Waals surface area contributed by atoms with Crippen LogP contribution in [0.15, 0.2) is 105 Å². The second-order valence-corrected chi connectivity index (χ2v) is 19.2. The number of carbonyl (C=O) groups excluding carboxylic acids is 1. The Morgan fingerprint density at radius 3 is 1.25 bits per heavy atom. The number of nitrogens with zero attached hydrogens (tertiary/aromatic N) is 2. The molecule has 0 spiro atoms. The van der Waals surface area contributed by atoms with Crippen molar-refractivity contribution in [2.75, 3.05) is 19.2 Å². The highest BCUT2D eigenvalue weighted by atomic mass is 32.2. The molecule has 0 saturated heterocycles. The Morgan fingerprint density at radius 2 is 0.893 bits per heavy atom. The third-order valence-corrected chi connectivity index (χ3v) is 15.0. The minimum atomic E-state index is -4.69. The van der Waals surface area contributed by atoms with E-state index in [1.165, 1.54) is 62.4 Å². The van der Waals surface area contributed by atoms with Crippen molar-refractivity contribution < 1.29 is 57.8 Å². The third kappa shape index (κ3) is 5.42. The molecule has 21 heteroatoms. The highest BCUT2D eigenvalue weighted by Crippen LogP contribution is 2.53. The van der Waals surface area contributed by atoms with Crippen LogP contribution in [0.25, 0.3) is 21.5 Å². The van der Waals surface area contributed by atoms with Gasteiger partial charge in [-0.25, -0.2) is 30.2 Å². The summed E-state index contributed by atoms with van der Waals surface area (Å²) >= 11 is 0. The predicted octanol–water partition coefficient (Wildman–Crippen LogP) is 5.84. The van der Waals surface area contributed by atoms with Gasteiger partial charge in [-0.05, 0) is 85.6 Å². The first-order chi connectivity index (χ1) is 26.1. The molecule has 6 aromatic carbocycles. The molecule has 0 aliphatic carbocycles. The summed E-state index contributed by atoms with van der Waals surface area (Å²) in [5, 5.41) is 26.2. The number of hydrogen-bond donors (Lipinski definition) is 6. The third-order valence-electron chi connectivity index (χ3n) is 9.49. The maximum Gasteiger partial charge on any atom is 0.323 e. The summed E-state index contributed by atoms with van der Waals surface area (Å²) in [5.74, 6) is -0.817. The Balaban J connectivity index is 1.20. The number of urea groups is 1. The number of fused-ring (bicyclic) bond motifs is 6. The Morgan fingerprint density at radius 1 is 0.536 bits per heavy atom. The minimum Gasteiger partial charge on any atom is -0.507 e. The Hall–Kier alpha value is -5.97. The fraction of sp³-hybridized carbons (Fsp3) is 0.0571. The standard InChI is InChI=1S/C35H26N4O13S4/c1-17-3-9-27-31(33(17)53(43,44)38(27)25-11-13-29(40)23-15-19(55(47,48)49)5-7-21(23)25)36-35(42)37-32-28-10-4-18(2)34(32)54(45,46)39(28)26-12-14-30(41)24-16-20(56(50,51)52)6-8-22(24)26/h3-16,40-41H,1-2H3,(H2,36,37,42)(H,47,48,49)(H,50,51,52). The molecule has 17 nitrogen and oxygen atoms in total. The van der Waals surface area contributed by atoms with E-state index < -0.39 is 67.6 Å². The largest absolute Gasteiger partial charge is 0.507 e. The Labute approximate surface area is 318 Å². The van der Waals surface area contributed by atoms with Gasteiger partial charge in [-0.15, -0.1) is 0 Å². The molecule has 0 atom stereocenters. The van der Waals surface area contributed by atoms with Gasteiger partial charge < -0.3 is 20.8 Å². The van der Waals surface area contributed by atoms with Crippen LogP contribution in [0.1, 0.15) is 11.1 Å². The fourth-order valence-electron chi connectivity index (χ4n) is 7.08. The van der Waals surface area contributed by atoms with Crippen molar-refractivity contribution in [1.29, 1.82) is 0 Å². The van der Waals surface area contributed by atoms with Gasteiger partial charge in [0, 0.05) is 21.5 Å². The molecule has 2 aliphatic heterocycles. The zero-order valence-electron chi connectivity index (χ0n) is 28.6. The maximum atomic E-state index is 14.2. The van der Waals surface area contributed by atoms with E-state index in [2.05, 4.69) is 10.6 Å². The van der Waals surface area contributed by atoms with Gasteiger partial charge in [-0.1, -0.05) is 24.3 Å². The number of nitrogens with one attached hydrogen (secondary N) is 2. The zero-order chi connectivity index (χ0) is 40.4. The molecule has 0 unspecified atom stereocenters. The van der Waals surface area contributed by atoms with Crippen LogP contribution in [-0.4, -0.2) is 59.0 Å². The summed E-state index contributed by atoms with van der Waals surface area (Å²) in [6.07, 6.45) is 0. The van der Waals surface area contributed by atoms with E-state index >= 15 is 0 Å². The number of hydrogen-bond acceptors (Lipinski definition) is 11. The van der Waals surface area contributed by atoms with Gasteiger partial charge in [0.1, 0.15) is 21.3 Å². The lowest BCUT2D eigenvalue weighted by Gasteiger charge is -2.21. The van der Waals surface area contributed by atoms with Gasteiger partial charge in [0.15, 0.2) is 0 Å². The van der Waals surface area contributed by atoms with E-state index in [0.717, 1.165) is 45.0 Å². The van der Waals surface area contributed by atoms with E-state index in [1.807, 2.05) is 0 Å². The summed E-state index contributed by atoms with van der Waals surface area (Å²) in [6, 6.07) is 16.1. The molecule has 0 fully saturated rings. The first-order valence-electron chi connectivity index (χ1n) is 16.0. The molecule has 288 valence electrons. The monoisotopic (exact) mass is 838 g/mol. The Bertz CT molecular complexity index is 3050. The SMILES string of the molecule is Cc1ccc2c(NC(=O)Nc3c4ccc(C)c3S(=O)(=O)N4c3ccc(O)c4cc(S(=O)(=O)O)ccc34)c1S(=O)(=O)N2c1ccc(O)c2cc(S(=O)(=O)O)ccc12. The lowest BCUT2D eigenvalue weighted by molar-refractivity contribution is 0.262. The van der Waals surface area contributed by atoms with Gasteiger partial charge in [-0.2, -0.15) is 16.8 Å². The van der Waals surface area contributed by atoms with Crippen LogP contribution >= 0.6 is 0 Å². The molecular formula is C35H26N4O13S4. The number of phenolic OH excluding ortho intramolecular Hbond substituents is 2. The van der Waals surface area contributed by atoms with Crippen LogP contribution in [0.2, 0.25) is 0 Å². The molecule has 6 aromatic rings. The van der Waals surface area contributed by atoms with Crippen molar-refractivity contribution in [2.24, 2.45) is 0 Å². The van der Waals surface area contributed by atoms with Crippen LogP contribution in [0.4, 0.5) is 38.9 Å². The molecule has 56 heavy (non-hydrogen) atoms. The highest BCUT2D eigenvalue weighted by Gasteiger charge is 2.44. The van der Waals surface area contributed by atoms with E-state index in [1.54, 1.807) is 0 Å². The number of sulfonamides is 2. The van der Waals surface area contributed by atoms with Crippen molar-refractivity contribution in [2.45, 2.75) is 33.4 Å². The van der Waals surface area contributed by atoms with Crippen LogP contribution in [-0.2, 0) is 40.3 Å². The highest BCUT2D eigenvalue weighted by molar-refractivity contribution is 7.94. The number of phenols is 2. The molecule has 4 bridgehead atoms. The lowest BCUT2D eigenvalue weighted by Crippen LogP contribution is -2.21. The Kier molecular flexibility index (Phi) is 7.93. The quantitative estimate of drug-likeness (QED) is 0.108. The molecule has 2 amide bonds. The smallest absolute Gasteiger partial charge is 0.323 e. The average Bonchev–Trinajstić information content (AvgIpc) is 3.36. The predicted molar refractivity (Wildman–Crippen MR) is 205 cm³/mol. The maximum absolute atomic E-state index is 14.2. The van der Waals surface area contributed by atoms with Crippen molar-refractivity contribution in [3.05, 3.63) is 96.1 Å². The summed E-state index contributed by atoms with van der Waals surface area (Å²) in [5.41, 5.74) is -0.0305. The average molecular weight is 839 g/mol. The number of carbonyl (C=O) groups is 1. The van der Waals surface area contributed by atoms with Gasteiger partial charge >= 0.3 is 6.03 Å². The van der Waals surface area contributed by atoms with Gasteiger partial charge in [0.2, 0.25) is 0 Å². The minimum absolute atomic E-state index is 0.0310. The van der Waals surface area contributed by atoms with E-state index in [9.17, 15) is 57.8 Å². The lowest BCUT2D eigenvalue weighted by atomic mass is 10.1. The molecule has 0 aromatic heterocycles. The molecule has 2 heterocycles. The van der Waals surface area contributed by atoms with Crippen molar-refractivity contribution >= 4 is 102 Å². The number of benzene rings is 6. The van der Waals surface area contributed by atoms with E-state index in [-0.39, 0.29) is 76.6 Å². The first kappa shape index (κ1) is 37.0. The molecule has 2 aliphatic rings. The summed E-state index contributed by atoms with van der Waals surface area (Å²) in [6.45, 7) is 2.99. The van der Waals surface area contributed by atoms with E-state index in [0.29, 0.717) is 0 Å². The topological polar surface area (TPSA) is 265 Å². The van der Waals surface area contributed by atoms with Gasteiger partial charge in [0.25, 0.3) is 40.3 Å². The molecule has 0 radical (unpaired) electrons. The fourth-order valence-corrected chi connectivity index (χ4v) is 11.9. The van der Waals surface area contributed by atoms with Crippen LogP contribution in [0, 0.1) is 13.8 Å². The number of rotatable bonds is 6. The van der Waals surface area contributed by atoms with E-state index in [4.69, 9.17) is 0 Å². The number of aromatic hydroxyl groups is 2. The second kappa shape index (κ2) is 12.0. The summed E-state index contributed by atoms with van der Waals surface area (Å²) in [4.78, 5) is 12.2. The number of amides is 2. The van der Waals surface area contributed by atoms with Crippen molar-refractivity contribution in [3.63, 3.8) is 0 Å². The van der Waals surface area contributed by atoms with Crippen LogP contribution in [0.3, 0.4) is 0 Å². The van der Waals surface area contributed by atoms with Gasteiger partial charge in [0.05, 0.1) is 43.9 Å². The number of anilines is 6. The first-order valence-corrected chi connectivity index (χ1v) is 21.8. The zero-order valence-corrected chi connectivity index (χ0v) is 31.8. The molecule has 8 rings (SSSR count). The number of aryl methyl sites for hydroxylation is 2. The van der Waals surface area contributed by atoms with Crippen LogP contribution < -0.4 is 19.2 Å².